The molecule has 1 unspecified atom stereocenters. The predicted molar refractivity (Wildman–Crippen MR) is 110 cm³/mol. The lowest BCUT2D eigenvalue weighted by atomic mass is 10.0. The van der Waals surface area contributed by atoms with Gasteiger partial charge in [-0.2, -0.15) is 0 Å². The molecule has 2 rings (SSSR count). The number of aliphatic hydroxyl groups excluding tert-OH is 1. The molecule has 0 saturated carbocycles. The molecule has 0 aliphatic carbocycles. The number of nitro benzene ring substituents is 1. The van der Waals surface area contributed by atoms with Gasteiger partial charge in [-0.25, -0.2) is 13.1 Å². The van der Waals surface area contributed by atoms with Crippen LogP contribution in [0.3, 0.4) is 0 Å². The highest BCUT2D eigenvalue weighted by Gasteiger charge is 2.22. The van der Waals surface area contributed by atoms with Crippen LogP contribution in [0.5, 0.6) is 0 Å². The fraction of sp³-hybridized carbons (Fsp3) is 0.316. The molecule has 0 radical (unpaired) electrons. The molecule has 0 spiro atoms. The number of hydrogen-bond acceptors (Lipinski definition) is 7. The number of sulfonamides is 1. The van der Waals surface area contributed by atoms with Crippen LogP contribution in [0.4, 0.5) is 5.69 Å². The molecule has 0 aromatic heterocycles. The standard InChI is InChI=1S/C19H24N4O6S/c20-17(13-14-5-2-1-3-6-14)18(24)19(25)21-11-4-12-22-30(28,29)16-9-7-15(8-10-16)23(26)27/h1-3,5-10,17-18,22,24H,4,11-13,20H2,(H,21,25)/t17-,18?/m0/s1. The van der Waals surface area contributed by atoms with Crippen molar-refractivity contribution in [3.8, 4) is 0 Å². The summed E-state index contributed by atoms with van der Waals surface area (Å²) in [5.74, 6) is -0.628. The molecule has 0 heterocycles. The second-order valence-electron chi connectivity index (χ2n) is 6.59. The Morgan fingerprint density at radius 2 is 1.73 bits per heavy atom. The zero-order chi connectivity index (χ0) is 22.1. The van der Waals surface area contributed by atoms with Gasteiger partial charge < -0.3 is 16.2 Å². The van der Waals surface area contributed by atoms with Gasteiger partial charge in [0.05, 0.1) is 9.82 Å². The Morgan fingerprint density at radius 1 is 1.10 bits per heavy atom. The fourth-order valence-electron chi connectivity index (χ4n) is 2.63. The molecule has 162 valence electrons. The van der Waals surface area contributed by atoms with Crippen LogP contribution in [-0.4, -0.2) is 49.6 Å². The largest absolute Gasteiger partial charge is 0.382 e. The average molecular weight is 436 g/mol. The lowest BCUT2D eigenvalue weighted by molar-refractivity contribution is -0.384. The first kappa shape index (κ1) is 23.4. The number of rotatable bonds is 11. The van der Waals surface area contributed by atoms with Crippen LogP contribution in [0.1, 0.15) is 12.0 Å². The maximum Gasteiger partial charge on any atom is 0.269 e. The molecule has 10 nitrogen and oxygen atoms in total. The van der Waals surface area contributed by atoms with Crippen molar-refractivity contribution >= 4 is 21.6 Å². The number of aliphatic hydroxyl groups is 1. The number of nitrogens with one attached hydrogen (secondary N) is 2. The van der Waals surface area contributed by atoms with E-state index >= 15 is 0 Å². The molecule has 30 heavy (non-hydrogen) atoms. The molecule has 0 fully saturated rings. The Labute approximate surface area is 174 Å². The summed E-state index contributed by atoms with van der Waals surface area (Å²) in [5.41, 5.74) is 6.58. The highest BCUT2D eigenvalue weighted by Crippen LogP contribution is 2.15. The van der Waals surface area contributed by atoms with Gasteiger partial charge in [-0.3, -0.25) is 14.9 Å². The van der Waals surface area contributed by atoms with Gasteiger partial charge in [-0.1, -0.05) is 30.3 Å². The molecule has 0 saturated heterocycles. The van der Waals surface area contributed by atoms with E-state index in [0.29, 0.717) is 6.42 Å². The summed E-state index contributed by atoms with van der Waals surface area (Å²) in [4.78, 5) is 21.9. The van der Waals surface area contributed by atoms with E-state index in [1.165, 1.54) is 0 Å². The Bertz CT molecular complexity index is 951. The normalized spacial score (nSPS) is 13.4. The quantitative estimate of drug-likeness (QED) is 0.223. The van der Waals surface area contributed by atoms with E-state index in [2.05, 4.69) is 10.0 Å². The highest BCUT2D eigenvalue weighted by molar-refractivity contribution is 7.89. The van der Waals surface area contributed by atoms with Gasteiger partial charge in [0.1, 0.15) is 6.10 Å². The molecular formula is C19H24N4O6S. The van der Waals surface area contributed by atoms with Crippen LogP contribution in [-0.2, 0) is 21.2 Å². The maximum absolute atomic E-state index is 12.2. The maximum atomic E-state index is 12.2. The van der Waals surface area contributed by atoms with E-state index in [4.69, 9.17) is 5.73 Å². The van der Waals surface area contributed by atoms with E-state index in [9.17, 15) is 28.4 Å². The molecule has 2 aromatic carbocycles. The molecular weight excluding hydrogens is 412 g/mol. The van der Waals surface area contributed by atoms with Crippen LogP contribution in [0, 0.1) is 10.1 Å². The van der Waals surface area contributed by atoms with Crippen molar-refractivity contribution in [2.24, 2.45) is 5.73 Å². The summed E-state index contributed by atoms with van der Waals surface area (Å²) in [7, 11) is -3.82. The van der Waals surface area contributed by atoms with Gasteiger partial charge in [0.25, 0.3) is 5.69 Å². The van der Waals surface area contributed by atoms with Gasteiger partial charge in [0, 0.05) is 31.3 Å². The Hall–Kier alpha value is -2.86. The Kier molecular flexibility index (Phi) is 8.42. The summed E-state index contributed by atoms with van der Waals surface area (Å²) in [6, 6.07) is 13.0. The summed E-state index contributed by atoms with van der Waals surface area (Å²) in [6.07, 6.45) is -0.773. The van der Waals surface area contributed by atoms with Crippen molar-refractivity contribution in [2.45, 2.75) is 29.9 Å². The highest BCUT2D eigenvalue weighted by atomic mass is 32.2. The van der Waals surface area contributed by atoms with E-state index in [0.717, 1.165) is 29.8 Å². The lowest BCUT2D eigenvalue weighted by Crippen LogP contribution is -2.47. The van der Waals surface area contributed by atoms with Crippen molar-refractivity contribution in [3.63, 3.8) is 0 Å². The van der Waals surface area contributed by atoms with Crippen LogP contribution >= 0.6 is 0 Å². The van der Waals surface area contributed by atoms with Crippen LogP contribution in [0.2, 0.25) is 0 Å². The molecule has 2 aromatic rings. The number of carbonyl (C=O) groups is 1. The molecule has 5 N–H and O–H groups in total. The summed E-state index contributed by atoms with van der Waals surface area (Å²) in [6.45, 7) is 0.169. The summed E-state index contributed by atoms with van der Waals surface area (Å²) >= 11 is 0. The monoisotopic (exact) mass is 436 g/mol. The van der Waals surface area contributed by atoms with Crippen molar-refractivity contribution in [2.75, 3.05) is 13.1 Å². The third kappa shape index (κ3) is 6.88. The Morgan fingerprint density at radius 3 is 2.33 bits per heavy atom. The summed E-state index contributed by atoms with van der Waals surface area (Å²) in [5, 5.41) is 23.2. The number of nitrogens with two attached hydrogens (primary N) is 1. The van der Waals surface area contributed by atoms with Crippen LogP contribution < -0.4 is 15.8 Å². The first-order valence-electron chi connectivity index (χ1n) is 9.20. The number of non-ortho nitro benzene ring substituents is 1. The molecule has 2 atom stereocenters. The van der Waals surface area contributed by atoms with Gasteiger partial charge >= 0.3 is 0 Å². The third-order valence-electron chi connectivity index (χ3n) is 4.29. The van der Waals surface area contributed by atoms with Crippen molar-refractivity contribution < 1.29 is 23.2 Å². The topological polar surface area (TPSA) is 165 Å². The molecule has 1 amide bonds. The smallest absolute Gasteiger partial charge is 0.269 e. The van der Waals surface area contributed by atoms with Crippen molar-refractivity contribution in [1.82, 2.24) is 10.0 Å². The predicted octanol–water partition coefficient (Wildman–Crippen LogP) is 0.310. The van der Waals surface area contributed by atoms with Crippen LogP contribution in [0.25, 0.3) is 0 Å². The Balaban J connectivity index is 1.73. The number of carbonyl (C=O) groups excluding carboxylic acids is 1. The number of nitro groups is 1. The zero-order valence-electron chi connectivity index (χ0n) is 16.1. The average Bonchev–Trinajstić information content (AvgIpc) is 2.73. The number of amides is 1. The van der Waals surface area contributed by atoms with Crippen molar-refractivity contribution in [3.05, 3.63) is 70.3 Å². The van der Waals surface area contributed by atoms with Gasteiger partial charge in [-0.05, 0) is 30.5 Å². The van der Waals surface area contributed by atoms with Crippen LogP contribution in [0.15, 0.2) is 59.5 Å². The minimum atomic E-state index is -3.82. The van der Waals surface area contributed by atoms with Crippen molar-refractivity contribution in [1.29, 1.82) is 0 Å². The third-order valence-corrected chi connectivity index (χ3v) is 5.77. The minimum Gasteiger partial charge on any atom is -0.382 e. The second-order valence-corrected chi connectivity index (χ2v) is 8.36. The zero-order valence-corrected chi connectivity index (χ0v) is 16.9. The van der Waals surface area contributed by atoms with Gasteiger partial charge in [0.2, 0.25) is 15.9 Å². The molecule has 0 aliphatic heterocycles. The fourth-order valence-corrected chi connectivity index (χ4v) is 3.71. The first-order valence-corrected chi connectivity index (χ1v) is 10.7. The minimum absolute atomic E-state index is 0.0335. The van der Waals surface area contributed by atoms with E-state index in [1.54, 1.807) is 0 Å². The first-order chi connectivity index (χ1) is 14.2. The molecule has 11 heteroatoms. The second kappa shape index (κ2) is 10.8. The van der Waals surface area contributed by atoms with E-state index in [-0.39, 0.29) is 30.1 Å². The number of hydrogen-bond donors (Lipinski definition) is 4. The number of nitrogens with zero attached hydrogens (tertiary/aromatic N) is 1. The summed E-state index contributed by atoms with van der Waals surface area (Å²) < 4.78 is 26.7. The van der Waals surface area contributed by atoms with E-state index in [1.807, 2.05) is 30.3 Å². The van der Waals surface area contributed by atoms with Gasteiger partial charge in [-0.15, -0.1) is 0 Å². The number of benzene rings is 2. The molecule has 0 aliphatic rings. The van der Waals surface area contributed by atoms with E-state index < -0.39 is 33.0 Å². The van der Waals surface area contributed by atoms with Gasteiger partial charge in [0.15, 0.2) is 0 Å². The molecule has 0 bridgehead atoms. The lowest BCUT2D eigenvalue weighted by Gasteiger charge is -2.18. The SMILES string of the molecule is N[C@@H](Cc1ccccc1)C(O)C(=O)NCCCNS(=O)(=O)c1ccc([N+](=O)[O-])cc1.